The van der Waals surface area contributed by atoms with Crippen LogP contribution in [0.1, 0.15) is 23.7 Å². The number of methoxy groups -OCH3 is 2. The van der Waals surface area contributed by atoms with Crippen molar-refractivity contribution >= 4 is 30.0 Å². The van der Waals surface area contributed by atoms with Gasteiger partial charge in [0.25, 0.3) is 0 Å². The first-order valence-electron chi connectivity index (χ1n) is 7.13. The molecule has 0 aliphatic carbocycles. The molecule has 0 saturated carbocycles. The molecule has 0 aliphatic heterocycles. The molecule has 27 heavy (non-hydrogen) atoms. The Morgan fingerprint density at radius 3 is 1.96 bits per heavy atom. The number of carbonyl (C=O) groups is 4. The summed E-state index contributed by atoms with van der Waals surface area (Å²) in [6, 6.07) is 3.31. The van der Waals surface area contributed by atoms with Gasteiger partial charge in [0.1, 0.15) is 17.1 Å². The standard InChI is InChI=1S/C11H12O5.C5H5NO5/c1-7(12)16-11(13)10-8(14-2)5-4-6-9(10)15-3;7-2-6-3(5(10)11)1-4(8)9/h4-6H,1-3H3;3H,1H2,(H,8,9)(H,10,11)/t;3-/m.0/s1. The Balaban J connectivity index is 0.000000541. The van der Waals surface area contributed by atoms with Crippen LogP contribution in [0.15, 0.2) is 23.2 Å². The van der Waals surface area contributed by atoms with Crippen molar-refractivity contribution in [3.05, 3.63) is 23.8 Å². The first-order valence-corrected chi connectivity index (χ1v) is 7.13. The van der Waals surface area contributed by atoms with Crippen molar-refractivity contribution in [3.63, 3.8) is 0 Å². The second kappa shape index (κ2) is 11.8. The number of esters is 2. The number of hydrogen-bond acceptors (Lipinski definition) is 9. The molecule has 0 saturated heterocycles. The lowest BCUT2D eigenvalue weighted by Gasteiger charge is -2.10. The molecule has 0 bridgehead atoms. The Labute approximate surface area is 153 Å². The van der Waals surface area contributed by atoms with Crippen LogP contribution in [0, 0.1) is 0 Å². The molecule has 11 heteroatoms. The normalized spacial score (nSPS) is 10.2. The first kappa shape index (κ1) is 23.3. The highest BCUT2D eigenvalue weighted by molar-refractivity contribution is 6.00. The fourth-order valence-corrected chi connectivity index (χ4v) is 1.65. The molecule has 11 nitrogen and oxygen atoms in total. The van der Waals surface area contributed by atoms with Crippen LogP contribution >= 0.6 is 0 Å². The van der Waals surface area contributed by atoms with Crippen molar-refractivity contribution in [3.8, 4) is 11.5 Å². The lowest BCUT2D eigenvalue weighted by atomic mass is 10.2. The van der Waals surface area contributed by atoms with Crippen LogP contribution in [0.3, 0.4) is 0 Å². The highest BCUT2D eigenvalue weighted by Crippen LogP contribution is 2.28. The van der Waals surface area contributed by atoms with Gasteiger partial charge in [-0.05, 0) is 12.1 Å². The Kier molecular flexibility index (Phi) is 10.1. The SMILES string of the molecule is COc1cccc(OC)c1C(=O)OC(C)=O.O=C=N[C@@H](CC(=O)O)C(=O)O. The van der Waals surface area contributed by atoms with E-state index in [0.29, 0.717) is 11.5 Å². The summed E-state index contributed by atoms with van der Waals surface area (Å²) in [6.45, 7) is 1.15. The number of benzene rings is 1. The number of aliphatic imine (C=N–C) groups is 1. The molecule has 0 heterocycles. The van der Waals surface area contributed by atoms with Crippen molar-refractivity contribution in [1.29, 1.82) is 0 Å². The smallest absolute Gasteiger partial charge is 0.353 e. The van der Waals surface area contributed by atoms with Crippen LogP contribution in [-0.2, 0) is 23.9 Å². The maximum Gasteiger partial charge on any atom is 0.353 e. The van der Waals surface area contributed by atoms with Gasteiger partial charge in [0.15, 0.2) is 6.04 Å². The van der Waals surface area contributed by atoms with Crippen molar-refractivity contribution in [1.82, 2.24) is 0 Å². The fraction of sp³-hybridized carbons (Fsp3) is 0.312. The van der Waals surface area contributed by atoms with Crippen molar-refractivity contribution in [2.24, 2.45) is 4.99 Å². The summed E-state index contributed by atoms with van der Waals surface area (Å²) in [7, 11) is 2.83. The van der Waals surface area contributed by atoms with Gasteiger partial charge in [-0.15, -0.1) is 0 Å². The van der Waals surface area contributed by atoms with E-state index >= 15 is 0 Å². The molecule has 1 atom stereocenters. The summed E-state index contributed by atoms with van der Waals surface area (Å²) in [5.74, 6) is -3.65. The monoisotopic (exact) mass is 383 g/mol. The third-order valence-corrected chi connectivity index (χ3v) is 2.73. The predicted octanol–water partition coefficient (Wildman–Crippen LogP) is 0.657. The van der Waals surface area contributed by atoms with Crippen LogP contribution < -0.4 is 9.47 Å². The Morgan fingerprint density at radius 2 is 1.63 bits per heavy atom. The van der Waals surface area contributed by atoms with Crippen LogP contribution in [0.5, 0.6) is 11.5 Å². The number of carboxylic acid groups (broad SMARTS) is 2. The van der Waals surface area contributed by atoms with E-state index in [2.05, 4.69) is 9.73 Å². The molecule has 0 aliphatic rings. The molecule has 0 unspecified atom stereocenters. The number of nitrogens with zero attached hydrogens (tertiary/aromatic N) is 1. The van der Waals surface area contributed by atoms with Crippen LogP contribution in [0.4, 0.5) is 0 Å². The van der Waals surface area contributed by atoms with Crippen LogP contribution in [0.2, 0.25) is 0 Å². The molecule has 0 radical (unpaired) electrons. The van der Waals surface area contributed by atoms with Gasteiger partial charge in [-0.2, -0.15) is 4.99 Å². The molecule has 1 aromatic rings. The average molecular weight is 383 g/mol. The minimum absolute atomic E-state index is 0.0997. The van der Waals surface area contributed by atoms with Gasteiger partial charge in [0, 0.05) is 6.92 Å². The topological polar surface area (TPSA) is 166 Å². The molecule has 0 fully saturated rings. The molecule has 2 N–H and O–H groups in total. The van der Waals surface area contributed by atoms with E-state index in [1.54, 1.807) is 18.2 Å². The van der Waals surface area contributed by atoms with Crippen molar-refractivity contribution in [2.75, 3.05) is 14.2 Å². The minimum atomic E-state index is -1.52. The van der Waals surface area contributed by atoms with Crippen molar-refractivity contribution in [2.45, 2.75) is 19.4 Å². The number of aliphatic carboxylic acids is 2. The quantitative estimate of drug-likeness (QED) is 0.295. The van der Waals surface area contributed by atoms with E-state index in [1.807, 2.05) is 0 Å². The number of carbonyl (C=O) groups excluding carboxylic acids is 3. The summed E-state index contributed by atoms with van der Waals surface area (Å²) >= 11 is 0. The largest absolute Gasteiger partial charge is 0.496 e. The molecule has 146 valence electrons. The van der Waals surface area contributed by atoms with Gasteiger partial charge in [0.05, 0.1) is 20.6 Å². The third-order valence-electron chi connectivity index (χ3n) is 2.73. The van der Waals surface area contributed by atoms with Gasteiger partial charge >= 0.3 is 23.9 Å². The Bertz CT molecular complexity index is 727. The van der Waals surface area contributed by atoms with Gasteiger partial charge in [-0.1, -0.05) is 6.07 Å². The second-order valence-electron chi connectivity index (χ2n) is 4.59. The van der Waals surface area contributed by atoms with E-state index in [9.17, 15) is 24.0 Å². The Morgan fingerprint density at radius 1 is 1.11 bits per heavy atom. The van der Waals surface area contributed by atoms with Gasteiger partial charge in [-0.25, -0.2) is 14.4 Å². The zero-order valence-electron chi connectivity index (χ0n) is 14.6. The van der Waals surface area contributed by atoms with E-state index in [4.69, 9.17) is 19.7 Å². The predicted molar refractivity (Wildman–Crippen MR) is 87.4 cm³/mol. The summed E-state index contributed by atoms with van der Waals surface area (Å²) in [5.41, 5.74) is 0.0997. The van der Waals surface area contributed by atoms with E-state index in [1.165, 1.54) is 14.2 Å². The van der Waals surface area contributed by atoms with E-state index in [0.717, 1.165) is 13.0 Å². The molecule has 0 spiro atoms. The number of hydrogen-bond donors (Lipinski definition) is 2. The third kappa shape index (κ3) is 8.27. The lowest BCUT2D eigenvalue weighted by molar-refractivity contribution is -0.144. The van der Waals surface area contributed by atoms with Gasteiger partial charge in [0.2, 0.25) is 6.08 Å². The summed E-state index contributed by atoms with van der Waals surface area (Å²) in [6.07, 6.45) is 0.282. The fourth-order valence-electron chi connectivity index (χ4n) is 1.65. The first-order chi connectivity index (χ1) is 12.7. The Hall–Kier alpha value is -3.72. The number of ether oxygens (including phenoxy) is 3. The number of isocyanates is 1. The van der Waals surface area contributed by atoms with E-state index in [-0.39, 0.29) is 5.56 Å². The van der Waals surface area contributed by atoms with Gasteiger partial charge in [-0.3, -0.25) is 9.59 Å². The molecule has 1 aromatic carbocycles. The molecular formula is C16H17NO10. The maximum absolute atomic E-state index is 11.6. The highest BCUT2D eigenvalue weighted by atomic mass is 16.6. The number of carboxylic acids is 2. The highest BCUT2D eigenvalue weighted by Gasteiger charge is 2.21. The second-order valence-corrected chi connectivity index (χ2v) is 4.59. The lowest BCUT2D eigenvalue weighted by Crippen LogP contribution is -2.21. The van der Waals surface area contributed by atoms with Gasteiger partial charge < -0.3 is 24.4 Å². The minimum Gasteiger partial charge on any atom is -0.496 e. The molecular weight excluding hydrogens is 366 g/mol. The van der Waals surface area contributed by atoms with Crippen LogP contribution in [0.25, 0.3) is 0 Å². The number of rotatable bonds is 7. The summed E-state index contributed by atoms with van der Waals surface area (Å²) in [5, 5.41) is 16.3. The zero-order chi connectivity index (χ0) is 21.0. The molecule has 0 aromatic heterocycles. The molecule has 0 amide bonds. The summed E-state index contributed by atoms with van der Waals surface area (Å²) < 4.78 is 14.5. The van der Waals surface area contributed by atoms with Crippen LogP contribution in [-0.4, -0.2) is 60.4 Å². The zero-order valence-corrected chi connectivity index (χ0v) is 14.6. The average Bonchev–Trinajstić information content (AvgIpc) is 2.60. The molecule has 1 rings (SSSR count). The maximum atomic E-state index is 11.6. The van der Waals surface area contributed by atoms with E-state index < -0.39 is 36.3 Å². The summed E-state index contributed by atoms with van der Waals surface area (Å²) in [4.78, 5) is 54.7. The van der Waals surface area contributed by atoms with Crippen molar-refractivity contribution < 1.29 is 48.4 Å².